The molecule has 2 unspecified atom stereocenters. The zero-order chi connectivity index (χ0) is 24.2. The molecule has 0 fully saturated rings. The van der Waals surface area contributed by atoms with Crippen molar-refractivity contribution in [3.8, 4) is 5.75 Å². The largest absolute Gasteiger partial charge is 0.497 e. The van der Waals surface area contributed by atoms with Gasteiger partial charge >= 0.3 is 0 Å². The molecule has 7 nitrogen and oxygen atoms in total. The molecule has 5 rings (SSSR count). The van der Waals surface area contributed by atoms with Gasteiger partial charge in [0.05, 0.1) is 19.2 Å². The molecule has 1 aliphatic heterocycles. The van der Waals surface area contributed by atoms with Crippen LogP contribution in [-0.2, 0) is 4.79 Å². The van der Waals surface area contributed by atoms with E-state index in [9.17, 15) is 9.18 Å². The molecule has 2 heterocycles. The molecule has 1 aromatic heterocycles. The Hall–Kier alpha value is -4.46. The number of benzene rings is 3. The Labute approximate surface area is 202 Å². The number of methoxy groups -OCH3 is 1. The van der Waals surface area contributed by atoms with Crippen LogP contribution in [0.15, 0.2) is 84.9 Å². The van der Waals surface area contributed by atoms with Crippen LogP contribution in [0.2, 0.25) is 0 Å². The zero-order valence-electron chi connectivity index (χ0n) is 19.1. The summed E-state index contributed by atoms with van der Waals surface area (Å²) in [5.74, 6) is 0.851. The van der Waals surface area contributed by atoms with E-state index in [1.807, 2.05) is 42.5 Å². The molecular formula is C27H24FN5O2. The van der Waals surface area contributed by atoms with Crippen LogP contribution in [0.3, 0.4) is 0 Å². The van der Waals surface area contributed by atoms with Crippen LogP contribution < -0.4 is 15.4 Å². The Bertz CT molecular complexity index is 1330. The minimum atomic E-state index is -0.377. The maximum Gasteiger partial charge on any atom is 0.250 e. The number of anilines is 2. The summed E-state index contributed by atoms with van der Waals surface area (Å²) < 4.78 is 20.2. The van der Waals surface area contributed by atoms with E-state index < -0.39 is 0 Å². The van der Waals surface area contributed by atoms with Crippen molar-refractivity contribution in [3.63, 3.8) is 0 Å². The maximum atomic E-state index is 13.1. The van der Waals surface area contributed by atoms with E-state index in [0.29, 0.717) is 11.5 Å². The van der Waals surface area contributed by atoms with Gasteiger partial charge in [-0.25, -0.2) is 9.07 Å². The van der Waals surface area contributed by atoms with Crippen LogP contribution in [-0.4, -0.2) is 27.8 Å². The Balaban J connectivity index is 1.40. The Morgan fingerprint density at radius 2 is 1.80 bits per heavy atom. The fraction of sp³-hybridized carbons (Fsp3) is 0.148. The van der Waals surface area contributed by atoms with E-state index in [0.717, 1.165) is 23.3 Å². The van der Waals surface area contributed by atoms with Gasteiger partial charge in [0.15, 0.2) is 0 Å². The molecule has 35 heavy (non-hydrogen) atoms. The minimum Gasteiger partial charge on any atom is -0.497 e. The van der Waals surface area contributed by atoms with Gasteiger partial charge in [-0.05, 0) is 53.5 Å². The van der Waals surface area contributed by atoms with Crippen LogP contribution in [0, 0.1) is 5.82 Å². The third-order valence-corrected chi connectivity index (χ3v) is 5.92. The topological polar surface area (TPSA) is 81.1 Å². The third kappa shape index (κ3) is 5.06. The van der Waals surface area contributed by atoms with Crippen molar-refractivity contribution in [1.29, 1.82) is 0 Å². The van der Waals surface area contributed by atoms with Gasteiger partial charge in [0, 0.05) is 6.08 Å². The van der Waals surface area contributed by atoms with Gasteiger partial charge in [0.1, 0.15) is 11.6 Å². The highest BCUT2D eigenvalue weighted by molar-refractivity contribution is 6.00. The van der Waals surface area contributed by atoms with Gasteiger partial charge in [-0.2, -0.15) is 4.98 Å². The number of hydrogen-bond acceptors (Lipinski definition) is 5. The molecule has 4 aromatic rings. The van der Waals surface area contributed by atoms with Crippen LogP contribution >= 0.6 is 0 Å². The molecule has 1 amide bonds. The summed E-state index contributed by atoms with van der Waals surface area (Å²) in [7, 11) is 1.64. The first-order valence-corrected chi connectivity index (χ1v) is 11.3. The first-order valence-electron chi connectivity index (χ1n) is 11.3. The molecular weight excluding hydrogens is 445 g/mol. The zero-order valence-corrected chi connectivity index (χ0v) is 19.1. The molecule has 1 aliphatic rings. The molecule has 0 aliphatic carbocycles. The highest BCUT2D eigenvalue weighted by Gasteiger charge is 2.31. The van der Waals surface area contributed by atoms with Crippen molar-refractivity contribution in [3.05, 3.63) is 107 Å². The summed E-state index contributed by atoms with van der Waals surface area (Å²) in [6, 6.07) is 23.9. The van der Waals surface area contributed by atoms with Crippen molar-refractivity contribution < 1.29 is 13.9 Å². The van der Waals surface area contributed by atoms with Gasteiger partial charge in [-0.3, -0.25) is 10.1 Å². The molecule has 3 aromatic carbocycles. The summed E-state index contributed by atoms with van der Waals surface area (Å²) in [6.45, 7) is 0. The summed E-state index contributed by atoms with van der Waals surface area (Å²) >= 11 is 0. The molecule has 8 heteroatoms. The van der Waals surface area contributed by atoms with E-state index in [2.05, 4.69) is 32.8 Å². The first kappa shape index (κ1) is 22.3. The Morgan fingerprint density at radius 1 is 1.06 bits per heavy atom. The lowest BCUT2D eigenvalue weighted by molar-refractivity contribution is -0.111. The summed E-state index contributed by atoms with van der Waals surface area (Å²) in [5, 5.41) is 10.8. The average molecular weight is 470 g/mol. The van der Waals surface area contributed by atoms with E-state index in [-0.39, 0.29) is 29.8 Å². The van der Waals surface area contributed by atoms with Gasteiger partial charge in [-0.1, -0.05) is 54.6 Å². The van der Waals surface area contributed by atoms with E-state index >= 15 is 0 Å². The standard InChI is InChI=1S/C27H24FN5O2/c1-35-22-14-10-20(11-15-22)24-17-23(19-5-3-2-4-6-19)29-27-31-26(32-33(24)27)30-25(34)16-9-18-7-12-21(28)13-8-18/h2-16,23-24H,17H2,1H3,(H2,29,30,31,32,34)/b16-9+. The lowest BCUT2D eigenvalue weighted by Crippen LogP contribution is -2.28. The molecule has 0 saturated carbocycles. The summed E-state index contributed by atoms with van der Waals surface area (Å²) in [5.41, 5.74) is 2.92. The molecule has 0 bridgehead atoms. The van der Waals surface area contributed by atoms with E-state index in [4.69, 9.17) is 4.74 Å². The lowest BCUT2D eigenvalue weighted by Gasteiger charge is -2.31. The SMILES string of the molecule is COc1ccc(C2CC(c3ccccc3)Nc3nc(NC(=O)/C=C/c4ccc(F)cc4)nn32)cc1. The maximum absolute atomic E-state index is 13.1. The van der Waals surface area contributed by atoms with Crippen molar-refractivity contribution in [2.75, 3.05) is 17.7 Å². The van der Waals surface area contributed by atoms with E-state index in [1.165, 1.54) is 18.2 Å². The number of nitrogens with one attached hydrogen (secondary N) is 2. The van der Waals surface area contributed by atoms with Crippen molar-refractivity contribution in [1.82, 2.24) is 14.8 Å². The highest BCUT2D eigenvalue weighted by atomic mass is 19.1. The molecule has 2 atom stereocenters. The van der Waals surface area contributed by atoms with Crippen molar-refractivity contribution in [2.24, 2.45) is 0 Å². The Kier molecular flexibility index (Phi) is 6.26. The fourth-order valence-corrected chi connectivity index (χ4v) is 4.14. The van der Waals surface area contributed by atoms with Crippen molar-refractivity contribution in [2.45, 2.75) is 18.5 Å². The highest BCUT2D eigenvalue weighted by Crippen LogP contribution is 2.38. The number of hydrogen-bond donors (Lipinski definition) is 2. The van der Waals surface area contributed by atoms with E-state index in [1.54, 1.807) is 30.0 Å². The molecule has 176 valence electrons. The number of carbonyl (C=O) groups is 1. The monoisotopic (exact) mass is 469 g/mol. The number of ether oxygens (including phenoxy) is 1. The minimum absolute atomic E-state index is 0.0296. The lowest BCUT2D eigenvalue weighted by atomic mass is 9.93. The number of amides is 1. The smallest absolute Gasteiger partial charge is 0.250 e. The number of halogens is 1. The van der Waals surface area contributed by atoms with Crippen molar-refractivity contribution >= 4 is 23.9 Å². The van der Waals surface area contributed by atoms with Crippen LogP contribution in [0.5, 0.6) is 5.75 Å². The first-order chi connectivity index (χ1) is 17.1. The predicted octanol–water partition coefficient (Wildman–Crippen LogP) is 5.22. The second-order valence-corrected chi connectivity index (χ2v) is 8.21. The van der Waals surface area contributed by atoms with Gasteiger partial charge < -0.3 is 10.1 Å². The molecule has 0 radical (unpaired) electrons. The molecule has 0 saturated heterocycles. The second-order valence-electron chi connectivity index (χ2n) is 8.21. The number of rotatable bonds is 6. The third-order valence-electron chi connectivity index (χ3n) is 5.92. The summed E-state index contributed by atoms with van der Waals surface area (Å²) in [4.78, 5) is 17.0. The van der Waals surface area contributed by atoms with Gasteiger partial charge in [0.25, 0.3) is 11.9 Å². The molecule has 2 N–H and O–H groups in total. The number of aromatic nitrogens is 3. The fourth-order valence-electron chi connectivity index (χ4n) is 4.14. The molecule has 0 spiro atoms. The van der Waals surface area contributed by atoms with Gasteiger partial charge in [-0.15, -0.1) is 5.10 Å². The normalized spacial score (nSPS) is 17.0. The Morgan fingerprint density at radius 3 is 2.51 bits per heavy atom. The van der Waals surface area contributed by atoms with Crippen LogP contribution in [0.25, 0.3) is 6.08 Å². The number of fused-ring (bicyclic) bond motifs is 1. The average Bonchev–Trinajstić information content (AvgIpc) is 3.30. The number of nitrogens with zero attached hydrogens (tertiary/aromatic N) is 3. The van der Waals surface area contributed by atoms with Gasteiger partial charge in [0.2, 0.25) is 5.95 Å². The summed E-state index contributed by atoms with van der Waals surface area (Å²) in [6.07, 6.45) is 3.73. The van der Waals surface area contributed by atoms with Crippen LogP contribution in [0.4, 0.5) is 16.3 Å². The quantitative estimate of drug-likeness (QED) is 0.378. The van der Waals surface area contributed by atoms with Crippen LogP contribution in [0.1, 0.15) is 35.2 Å². The number of carbonyl (C=O) groups excluding carboxylic acids is 1. The second kappa shape index (κ2) is 9.80. The predicted molar refractivity (Wildman–Crippen MR) is 133 cm³/mol.